The zero-order valence-electron chi connectivity index (χ0n) is 10.9. The van der Waals surface area contributed by atoms with Gasteiger partial charge < -0.3 is 10.8 Å². The van der Waals surface area contributed by atoms with Gasteiger partial charge >= 0.3 is 5.97 Å². The summed E-state index contributed by atoms with van der Waals surface area (Å²) in [6.45, 7) is 1.94. The van der Waals surface area contributed by atoms with Crippen molar-refractivity contribution in [3.63, 3.8) is 0 Å². The summed E-state index contributed by atoms with van der Waals surface area (Å²) in [5.74, 6) is -1.62. The Hall–Kier alpha value is -2.70. The molecule has 0 fully saturated rings. The number of benzene rings is 1. The van der Waals surface area contributed by atoms with Crippen LogP contribution in [0.5, 0.6) is 0 Å². The highest BCUT2D eigenvalue weighted by Gasteiger charge is 2.19. The lowest BCUT2D eigenvalue weighted by atomic mass is 10.1. The van der Waals surface area contributed by atoms with Crippen LogP contribution < -0.4 is 5.73 Å². The van der Waals surface area contributed by atoms with E-state index in [4.69, 9.17) is 10.8 Å². The Morgan fingerprint density at radius 2 is 1.95 bits per heavy atom. The van der Waals surface area contributed by atoms with Gasteiger partial charge in [-0.1, -0.05) is 18.6 Å². The van der Waals surface area contributed by atoms with Crippen LogP contribution in [-0.4, -0.2) is 32.0 Å². The molecule has 104 valence electrons. The second-order valence-corrected chi connectivity index (χ2v) is 4.26. The van der Waals surface area contributed by atoms with Crippen LogP contribution >= 0.6 is 0 Å². The molecule has 0 aliphatic carbocycles. The van der Waals surface area contributed by atoms with Crippen LogP contribution in [0.15, 0.2) is 24.3 Å². The first kappa shape index (κ1) is 13.7. The highest BCUT2D eigenvalue weighted by atomic mass is 16.4. The van der Waals surface area contributed by atoms with Gasteiger partial charge in [0.25, 0.3) is 0 Å². The number of rotatable bonds is 5. The van der Waals surface area contributed by atoms with E-state index in [0.29, 0.717) is 23.4 Å². The Balaban J connectivity index is 2.46. The molecule has 0 saturated heterocycles. The van der Waals surface area contributed by atoms with E-state index in [1.54, 1.807) is 24.3 Å². The molecule has 0 spiro atoms. The number of primary amides is 1. The zero-order chi connectivity index (χ0) is 14.7. The van der Waals surface area contributed by atoms with Crippen molar-refractivity contribution in [3.8, 4) is 5.69 Å². The van der Waals surface area contributed by atoms with Crippen molar-refractivity contribution >= 4 is 11.9 Å². The normalized spacial score (nSPS) is 10.4. The molecule has 7 heteroatoms. The minimum absolute atomic E-state index is 0.0502. The van der Waals surface area contributed by atoms with Gasteiger partial charge in [0.15, 0.2) is 5.69 Å². The molecule has 1 aromatic heterocycles. The highest BCUT2D eigenvalue weighted by molar-refractivity contribution is 5.92. The van der Waals surface area contributed by atoms with E-state index < -0.39 is 11.9 Å². The van der Waals surface area contributed by atoms with Gasteiger partial charge in [-0.2, -0.15) is 0 Å². The van der Waals surface area contributed by atoms with Crippen molar-refractivity contribution in [3.05, 3.63) is 41.2 Å². The lowest BCUT2D eigenvalue weighted by Gasteiger charge is -2.06. The molecule has 1 aromatic carbocycles. The number of carbonyl (C=O) groups is 2. The molecule has 2 rings (SSSR count). The molecule has 7 nitrogen and oxygen atoms in total. The Morgan fingerprint density at radius 3 is 2.45 bits per heavy atom. The number of hydrogen-bond donors (Lipinski definition) is 2. The van der Waals surface area contributed by atoms with E-state index in [1.807, 2.05) is 6.92 Å². The molecule has 0 bridgehead atoms. The largest absolute Gasteiger partial charge is 0.476 e. The first-order valence-corrected chi connectivity index (χ1v) is 6.12. The van der Waals surface area contributed by atoms with E-state index in [2.05, 4.69) is 10.3 Å². The third kappa shape index (κ3) is 2.51. The minimum atomic E-state index is -1.10. The van der Waals surface area contributed by atoms with Gasteiger partial charge in [-0.3, -0.25) is 4.79 Å². The number of nitrogens with zero attached hydrogens (tertiary/aromatic N) is 3. The number of carboxylic acid groups (broad SMARTS) is 1. The predicted molar refractivity (Wildman–Crippen MR) is 70.8 cm³/mol. The van der Waals surface area contributed by atoms with Crippen molar-refractivity contribution < 1.29 is 14.7 Å². The number of amides is 1. The Bertz CT molecular complexity index is 646. The smallest absolute Gasteiger partial charge is 0.358 e. The van der Waals surface area contributed by atoms with Crippen LogP contribution in [-0.2, 0) is 6.42 Å². The molecule has 1 amide bonds. The molecule has 3 N–H and O–H groups in total. The fourth-order valence-corrected chi connectivity index (χ4v) is 1.90. The number of nitrogens with two attached hydrogens (primary N) is 1. The van der Waals surface area contributed by atoms with Gasteiger partial charge in [0, 0.05) is 5.56 Å². The van der Waals surface area contributed by atoms with E-state index in [0.717, 1.165) is 6.42 Å². The van der Waals surface area contributed by atoms with E-state index in [-0.39, 0.29) is 5.69 Å². The summed E-state index contributed by atoms with van der Waals surface area (Å²) in [5.41, 5.74) is 6.67. The summed E-state index contributed by atoms with van der Waals surface area (Å²) < 4.78 is 1.47. The Kier molecular flexibility index (Phi) is 3.79. The van der Waals surface area contributed by atoms with E-state index >= 15 is 0 Å². The quantitative estimate of drug-likeness (QED) is 0.845. The molecular weight excluding hydrogens is 260 g/mol. The Morgan fingerprint density at radius 1 is 1.30 bits per heavy atom. The number of aromatic nitrogens is 3. The molecule has 20 heavy (non-hydrogen) atoms. The second-order valence-electron chi connectivity index (χ2n) is 4.26. The van der Waals surface area contributed by atoms with Crippen molar-refractivity contribution in [2.45, 2.75) is 19.8 Å². The SMILES string of the molecule is CCCc1c(C(=O)O)nnn1-c1ccc(C(N)=O)cc1. The summed E-state index contributed by atoms with van der Waals surface area (Å²) in [4.78, 5) is 22.1. The predicted octanol–water partition coefficient (Wildman–Crippen LogP) is 1.02. The van der Waals surface area contributed by atoms with Crippen molar-refractivity contribution in [2.75, 3.05) is 0 Å². The summed E-state index contributed by atoms with van der Waals surface area (Å²) in [6, 6.07) is 6.43. The summed E-state index contributed by atoms with van der Waals surface area (Å²) in [7, 11) is 0. The monoisotopic (exact) mass is 274 g/mol. The van der Waals surface area contributed by atoms with Crippen LogP contribution in [0.1, 0.15) is 39.9 Å². The molecule has 2 aromatic rings. The third-order valence-corrected chi connectivity index (χ3v) is 2.85. The maximum atomic E-state index is 11.1. The number of aromatic carboxylic acids is 1. The first-order chi connectivity index (χ1) is 9.54. The average Bonchev–Trinajstić information content (AvgIpc) is 2.83. The molecule has 0 atom stereocenters. The van der Waals surface area contributed by atoms with Crippen LogP contribution in [0, 0.1) is 0 Å². The summed E-state index contributed by atoms with van der Waals surface area (Å²) >= 11 is 0. The number of carboxylic acids is 1. The molecule has 0 aliphatic heterocycles. The van der Waals surface area contributed by atoms with Crippen LogP contribution in [0.25, 0.3) is 5.69 Å². The van der Waals surface area contributed by atoms with Gasteiger partial charge in [0.2, 0.25) is 5.91 Å². The highest BCUT2D eigenvalue weighted by Crippen LogP contribution is 2.15. The first-order valence-electron chi connectivity index (χ1n) is 6.12. The van der Waals surface area contributed by atoms with Crippen LogP contribution in [0.4, 0.5) is 0 Å². The summed E-state index contributed by atoms with van der Waals surface area (Å²) in [6.07, 6.45) is 1.32. The van der Waals surface area contributed by atoms with Gasteiger partial charge in [0.1, 0.15) is 0 Å². The molecule has 0 aliphatic rings. The molecule has 0 radical (unpaired) electrons. The average molecular weight is 274 g/mol. The van der Waals surface area contributed by atoms with Crippen LogP contribution in [0.3, 0.4) is 0 Å². The van der Waals surface area contributed by atoms with Crippen molar-refractivity contribution in [1.82, 2.24) is 15.0 Å². The van der Waals surface area contributed by atoms with Gasteiger partial charge in [-0.05, 0) is 30.7 Å². The number of carbonyl (C=O) groups excluding carboxylic acids is 1. The maximum absolute atomic E-state index is 11.1. The zero-order valence-corrected chi connectivity index (χ0v) is 10.9. The van der Waals surface area contributed by atoms with Crippen molar-refractivity contribution in [2.24, 2.45) is 5.73 Å². The molecule has 0 saturated carbocycles. The third-order valence-electron chi connectivity index (χ3n) is 2.85. The van der Waals surface area contributed by atoms with E-state index in [1.165, 1.54) is 4.68 Å². The van der Waals surface area contributed by atoms with Crippen LogP contribution in [0.2, 0.25) is 0 Å². The Labute approximate surface area is 115 Å². The minimum Gasteiger partial charge on any atom is -0.476 e. The molecule has 0 unspecified atom stereocenters. The van der Waals surface area contributed by atoms with Crippen molar-refractivity contribution in [1.29, 1.82) is 0 Å². The lowest BCUT2D eigenvalue weighted by Crippen LogP contribution is -2.11. The fourth-order valence-electron chi connectivity index (χ4n) is 1.90. The molecule has 1 heterocycles. The van der Waals surface area contributed by atoms with Gasteiger partial charge in [-0.15, -0.1) is 5.10 Å². The van der Waals surface area contributed by atoms with E-state index in [9.17, 15) is 9.59 Å². The maximum Gasteiger partial charge on any atom is 0.358 e. The number of hydrogen-bond acceptors (Lipinski definition) is 4. The lowest BCUT2D eigenvalue weighted by molar-refractivity contribution is 0.0689. The summed E-state index contributed by atoms with van der Waals surface area (Å²) in [5, 5.41) is 16.7. The van der Waals surface area contributed by atoms with Gasteiger partial charge in [0.05, 0.1) is 11.4 Å². The molecular formula is C13H14N4O3. The van der Waals surface area contributed by atoms with Gasteiger partial charge in [-0.25, -0.2) is 9.48 Å². The second kappa shape index (κ2) is 5.52. The topological polar surface area (TPSA) is 111 Å². The standard InChI is InChI=1S/C13H14N4O3/c1-2-3-10-11(13(19)20)15-16-17(10)9-6-4-8(5-7-9)12(14)18/h4-7H,2-3H2,1H3,(H2,14,18)(H,19,20). The fraction of sp³-hybridized carbons (Fsp3) is 0.231.